The minimum atomic E-state index is -1.72. The van der Waals surface area contributed by atoms with Crippen LogP contribution in [0.25, 0.3) is 0 Å². The summed E-state index contributed by atoms with van der Waals surface area (Å²) in [5.74, 6) is 5.30. The van der Waals surface area contributed by atoms with Crippen LogP contribution in [0.3, 0.4) is 0 Å². The standard InChI is InChI=1S/C38H54N2O10Si2/c1-43-11-13-45-15-17-47-19-21-49-37(41)33-25-31(9-23-51(3,4)5)27-35(29-33)39-40-36-28-32(10-24-52(6,7)8)26-34(30-36)38(42)50-22-20-48-18-16-46-14-12-44-2/h25-30H,11-22H2,1-8H3. The van der Waals surface area contributed by atoms with Crippen LogP contribution in [0.15, 0.2) is 46.6 Å². The van der Waals surface area contributed by atoms with Gasteiger partial charge in [0.15, 0.2) is 0 Å². The van der Waals surface area contributed by atoms with E-state index in [1.54, 1.807) is 50.6 Å². The number of hydrogen-bond acceptors (Lipinski definition) is 12. The van der Waals surface area contributed by atoms with Gasteiger partial charge in [0.25, 0.3) is 0 Å². The first-order chi connectivity index (χ1) is 24.8. The van der Waals surface area contributed by atoms with Crippen molar-refractivity contribution in [2.45, 2.75) is 39.3 Å². The number of carbonyl (C=O) groups is 2. The van der Waals surface area contributed by atoms with Crippen LogP contribution in [0.5, 0.6) is 0 Å². The van der Waals surface area contributed by atoms with Crippen LogP contribution >= 0.6 is 0 Å². The molecule has 0 atom stereocenters. The van der Waals surface area contributed by atoms with Gasteiger partial charge in [-0.25, -0.2) is 9.59 Å². The molecule has 0 spiro atoms. The van der Waals surface area contributed by atoms with Crippen molar-refractivity contribution in [2.24, 2.45) is 10.2 Å². The highest BCUT2D eigenvalue weighted by Crippen LogP contribution is 2.24. The summed E-state index contributed by atoms with van der Waals surface area (Å²) in [6, 6.07) is 10.0. The van der Waals surface area contributed by atoms with Crippen LogP contribution in [-0.4, -0.2) is 122 Å². The normalized spacial score (nSPS) is 11.5. The van der Waals surface area contributed by atoms with Crippen molar-refractivity contribution in [2.75, 3.05) is 93.5 Å². The Morgan fingerprint density at radius 3 is 1.15 bits per heavy atom. The average molecular weight is 755 g/mol. The number of methoxy groups -OCH3 is 2. The first-order valence-corrected chi connectivity index (χ1v) is 24.2. The van der Waals surface area contributed by atoms with Crippen LogP contribution in [-0.2, 0) is 37.9 Å². The van der Waals surface area contributed by atoms with Gasteiger partial charge in [0.1, 0.15) is 29.4 Å². The molecular weight excluding hydrogens is 701 g/mol. The molecule has 0 heterocycles. The van der Waals surface area contributed by atoms with Gasteiger partial charge in [-0.05, 0) is 36.4 Å². The summed E-state index contributed by atoms with van der Waals surface area (Å²) in [5, 5.41) is 8.86. The zero-order chi connectivity index (χ0) is 38.2. The molecule has 2 aromatic carbocycles. The van der Waals surface area contributed by atoms with Crippen LogP contribution in [0.4, 0.5) is 11.4 Å². The van der Waals surface area contributed by atoms with E-state index in [9.17, 15) is 9.59 Å². The minimum Gasteiger partial charge on any atom is -0.460 e. The highest BCUT2D eigenvalue weighted by molar-refractivity contribution is 6.84. The van der Waals surface area contributed by atoms with Gasteiger partial charge in [-0.3, -0.25) is 0 Å². The SMILES string of the molecule is COCCOCCOCCOC(=O)c1cc(C#C[Si](C)(C)C)cc(N=Nc2cc(C#C[Si](C)(C)C)cc(C(=O)OCCOCCOCCOC)c2)c1. The Bertz CT molecular complexity index is 1450. The van der Waals surface area contributed by atoms with Crippen LogP contribution in [0.2, 0.25) is 39.3 Å². The lowest BCUT2D eigenvalue weighted by molar-refractivity contribution is 0.00552. The van der Waals surface area contributed by atoms with Crippen molar-refractivity contribution in [3.05, 3.63) is 58.7 Å². The van der Waals surface area contributed by atoms with Gasteiger partial charge in [-0.15, -0.1) is 11.1 Å². The van der Waals surface area contributed by atoms with Gasteiger partial charge in [0.2, 0.25) is 0 Å². The summed E-state index contributed by atoms with van der Waals surface area (Å²) in [6.45, 7) is 17.0. The second-order valence-corrected chi connectivity index (χ2v) is 22.9. The van der Waals surface area contributed by atoms with E-state index in [4.69, 9.17) is 37.9 Å². The van der Waals surface area contributed by atoms with E-state index in [2.05, 4.69) is 72.4 Å². The van der Waals surface area contributed by atoms with E-state index in [1.165, 1.54) is 0 Å². The van der Waals surface area contributed by atoms with Crippen molar-refractivity contribution in [3.63, 3.8) is 0 Å². The molecule has 0 unspecified atom stereocenters. The van der Waals surface area contributed by atoms with Crippen molar-refractivity contribution in [3.8, 4) is 22.9 Å². The maximum atomic E-state index is 13.0. The third kappa shape index (κ3) is 21.0. The third-order valence-electron chi connectivity index (χ3n) is 6.28. The number of rotatable bonds is 22. The van der Waals surface area contributed by atoms with Crippen LogP contribution in [0, 0.1) is 22.9 Å². The first kappa shape index (κ1) is 44.5. The summed E-state index contributed by atoms with van der Waals surface area (Å²) in [4.78, 5) is 26.1. The highest BCUT2D eigenvalue weighted by Gasteiger charge is 2.14. The van der Waals surface area contributed by atoms with E-state index in [0.717, 1.165) is 0 Å². The van der Waals surface area contributed by atoms with Crippen LogP contribution in [0.1, 0.15) is 31.8 Å². The zero-order valence-electron chi connectivity index (χ0n) is 31.9. The molecule has 52 heavy (non-hydrogen) atoms. The van der Waals surface area contributed by atoms with Crippen molar-refractivity contribution >= 4 is 39.5 Å². The topological polar surface area (TPSA) is 133 Å². The van der Waals surface area contributed by atoms with E-state index < -0.39 is 28.1 Å². The van der Waals surface area contributed by atoms with E-state index in [1.807, 2.05) is 0 Å². The molecular formula is C38H54N2O10Si2. The predicted molar refractivity (Wildman–Crippen MR) is 205 cm³/mol. The Morgan fingerprint density at radius 1 is 0.500 bits per heavy atom. The molecule has 0 aliphatic carbocycles. The fourth-order valence-electron chi connectivity index (χ4n) is 3.83. The lowest BCUT2D eigenvalue weighted by Crippen LogP contribution is -2.16. The van der Waals surface area contributed by atoms with E-state index >= 15 is 0 Å². The second-order valence-electron chi connectivity index (χ2n) is 13.4. The van der Waals surface area contributed by atoms with E-state index in [-0.39, 0.29) is 37.6 Å². The smallest absolute Gasteiger partial charge is 0.338 e. The number of ether oxygens (including phenoxy) is 8. The lowest BCUT2D eigenvalue weighted by atomic mass is 10.1. The molecule has 0 aromatic heterocycles. The third-order valence-corrected chi connectivity index (χ3v) is 8.03. The molecule has 0 fully saturated rings. The number of esters is 2. The fourth-order valence-corrected chi connectivity index (χ4v) is 4.87. The van der Waals surface area contributed by atoms with Gasteiger partial charge in [0.05, 0.1) is 88.6 Å². The molecule has 284 valence electrons. The molecule has 0 radical (unpaired) electrons. The van der Waals surface area contributed by atoms with Gasteiger partial charge in [-0.2, -0.15) is 10.2 Å². The second kappa shape index (κ2) is 24.5. The first-order valence-electron chi connectivity index (χ1n) is 17.2. The molecule has 0 amide bonds. The van der Waals surface area contributed by atoms with Gasteiger partial charge in [-0.1, -0.05) is 51.1 Å². The molecule has 0 N–H and O–H groups in total. The van der Waals surface area contributed by atoms with Crippen molar-refractivity contribution in [1.29, 1.82) is 0 Å². The van der Waals surface area contributed by atoms with Crippen molar-refractivity contribution in [1.82, 2.24) is 0 Å². The summed E-state index contributed by atoms with van der Waals surface area (Å²) in [7, 11) is -0.224. The van der Waals surface area contributed by atoms with E-state index in [0.29, 0.717) is 75.4 Å². The lowest BCUT2D eigenvalue weighted by Gasteiger charge is -2.09. The number of azo groups is 1. The Balaban J connectivity index is 2.23. The Labute approximate surface area is 310 Å². The highest BCUT2D eigenvalue weighted by atomic mass is 28.3. The maximum Gasteiger partial charge on any atom is 0.338 e. The molecule has 0 saturated heterocycles. The van der Waals surface area contributed by atoms with Gasteiger partial charge in [0, 0.05) is 25.3 Å². The summed E-state index contributed by atoms with van der Waals surface area (Å²) in [5.41, 5.74) is 9.21. The maximum absolute atomic E-state index is 13.0. The Hall–Kier alpha value is -3.71. The number of benzene rings is 2. The monoisotopic (exact) mass is 754 g/mol. The average Bonchev–Trinajstić information content (AvgIpc) is 3.10. The molecule has 2 aromatic rings. The van der Waals surface area contributed by atoms with Gasteiger partial charge >= 0.3 is 11.9 Å². The molecule has 0 aliphatic rings. The predicted octanol–water partition coefficient (Wildman–Crippen LogP) is 6.23. The summed E-state index contributed by atoms with van der Waals surface area (Å²) < 4.78 is 42.5. The summed E-state index contributed by atoms with van der Waals surface area (Å²) >= 11 is 0. The largest absolute Gasteiger partial charge is 0.460 e. The molecule has 12 nitrogen and oxygen atoms in total. The number of hydrogen-bond donors (Lipinski definition) is 0. The van der Waals surface area contributed by atoms with Crippen LogP contribution < -0.4 is 0 Å². The molecule has 2 rings (SSSR count). The number of nitrogens with zero attached hydrogens (tertiary/aromatic N) is 2. The number of carbonyl (C=O) groups excluding carboxylic acids is 2. The van der Waals surface area contributed by atoms with Crippen molar-refractivity contribution < 1.29 is 47.5 Å². The molecule has 14 heteroatoms. The zero-order valence-corrected chi connectivity index (χ0v) is 33.9. The fraction of sp³-hybridized carbons (Fsp3) is 0.526. The Kier molecular flexibility index (Phi) is 21.0. The quantitative estimate of drug-likeness (QED) is 0.0448. The minimum absolute atomic E-state index is 0.0676. The van der Waals surface area contributed by atoms with Gasteiger partial charge < -0.3 is 37.9 Å². The Morgan fingerprint density at radius 2 is 0.827 bits per heavy atom. The molecule has 0 aliphatic heterocycles. The summed E-state index contributed by atoms with van der Waals surface area (Å²) in [6.07, 6.45) is 0. The molecule has 0 bridgehead atoms. The molecule has 0 saturated carbocycles.